The van der Waals surface area contributed by atoms with E-state index in [0.29, 0.717) is 12.8 Å². The Labute approximate surface area is 118 Å². The third-order valence-corrected chi connectivity index (χ3v) is 4.27. The largest absolute Gasteiger partial charge is 0.375 e. The molecular weight excluding hydrogens is 266 g/mol. The van der Waals surface area contributed by atoms with Crippen molar-refractivity contribution in [1.82, 2.24) is 10.2 Å². The van der Waals surface area contributed by atoms with Crippen LogP contribution in [0.4, 0.5) is 8.78 Å². The van der Waals surface area contributed by atoms with Crippen molar-refractivity contribution in [2.75, 3.05) is 26.8 Å². The molecule has 0 bridgehead atoms. The van der Waals surface area contributed by atoms with Gasteiger partial charge in [-0.25, -0.2) is 8.78 Å². The van der Waals surface area contributed by atoms with E-state index in [-0.39, 0.29) is 37.4 Å². The van der Waals surface area contributed by atoms with E-state index in [0.717, 1.165) is 25.9 Å². The Morgan fingerprint density at radius 3 is 2.60 bits per heavy atom. The van der Waals surface area contributed by atoms with Crippen molar-refractivity contribution in [3.05, 3.63) is 0 Å². The maximum atomic E-state index is 13.6. The van der Waals surface area contributed by atoms with Crippen LogP contribution in [0.3, 0.4) is 0 Å². The highest BCUT2D eigenvalue weighted by molar-refractivity contribution is 5.78. The van der Waals surface area contributed by atoms with Gasteiger partial charge in [-0.3, -0.25) is 4.79 Å². The fourth-order valence-corrected chi connectivity index (χ4v) is 3.37. The molecule has 1 amide bonds. The van der Waals surface area contributed by atoms with Crippen LogP contribution >= 0.6 is 0 Å². The maximum absolute atomic E-state index is 13.6. The molecule has 0 aromatic heterocycles. The van der Waals surface area contributed by atoms with E-state index >= 15 is 0 Å². The fraction of sp³-hybridized carbons (Fsp3) is 0.929. The number of carbonyl (C=O) groups is 1. The molecule has 116 valence electrons. The smallest absolute Gasteiger partial charge is 0.250 e. The average Bonchev–Trinajstić information content (AvgIpc) is 2.39. The Morgan fingerprint density at radius 2 is 2.00 bits per heavy atom. The zero-order valence-corrected chi connectivity index (χ0v) is 12.0. The number of nitrogens with zero attached hydrogens (tertiary/aromatic N) is 1. The molecule has 2 rings (SSSR count). The van der Waals surface area contributed by atoms with Crippen molar-refractivity contribution in [3.63, 3.8) is 0 Å². The van der Waals surface area contributed by atoms with Gasteiger partial charge in [-0.1, -0.05) is 0 Å². The van der Waals surface area contributed by atoms with Crippen LogP contribution in [-0.2, 0) is 9.53 Å². The molecule has 1 saturated carbocycles. The second-order valence-corrected chi connectivity index (χ2v) is 5.82. The zero-order chi connectivity index (χ0) is 14.6. The van der Waals surface area contributed by atoms with Crippen LogP contribution in [0.2, 0.25) is 0 Å². The van der Waals surface area contributed by atoms with E-state index in [2.05, 4.69) is 5.32 Å². The lowest BCUT2D eigenvalue weighted by Crippen LogP contribution is -2.54. The normalized spacial score (nSPS) is 27.2. The highest BCUT2D eigenvalue weighted by atomic mass is 19.3. The summed E-state index contributed by atoms with van der Waals surface area (Å²) in [5, 5.41) is 3.24. The molecule has 2 aliphatic rings. The molecule has 0 unspecified atom stereocenters. The van der Waals surface area contributed by atoms with Gasteiger partial charge in [0.05, 0.1) is 0 Å². The van der Waals surface area contributed by atoms with Gasteiger partial charge < -0.3 is 15.0 Å². The Kier molecular flexibility index (Phi) is 5.32. The number of rotatable bonds is 4. The third-order valence-electron chi connectivity index (χ3n) is 4.27. The van der Waals surface area contributed by atoms with Gasteiger partial charge in [0.25, 0.3) is 0 Å². The Bertz CT molecular complexity index is 333. The van der Waals surface area contributed by atoms with Crippen molar-refractivity contribution in [2.45, 2.75) is 56.5 Å². The Morgan fingerprint density at radius 1 is 1.30 bits per heavy atom. The SMILES string of the molecule is COCC(=O)N(C1CCNCC1)[C@H]1CCCC(F)(F)C1. The zero-order valence-electron chi connectivity index (χ0n) is 12.0. The second kappa shape index (κ2) is 6.80. The lowest BCUT2D eigenvalue weighted by Gasteiger charge is -2.43. The van der Waals surface area contributed by atoms with E-state index in [1.807, 2.05) is 0 Å². The molecule has 20 heavy (non-hydrogen) atoms. The van der Waals surface area contributed by atoms with Crippen LogP contribution in [0.15, 0.2) is 0 Å². The minimum atomic E-state index is -2.64. The number of carbonyl (C=O) groups excluding carboxylic acids is 1. The van der Waals surface area contributed by atoms with E-state index in [1.165, 1.54) is 7.11 Å². The maximum Gasteiger partial charge on any atom is 0.250 e. The van der Waals surface area contributed by atoms with Gasteiger partial charge in [-0.05, 0) is 38.8 Å². The first-order valence-corrected chi connectivity index (χ1v) is 7.42. The predicted octanol–water partition coefficient (Wildman–Crippen LogP) is 1.79. The van der Waals surface area contributed by atoms with E-state index in [4.69, 9.17) is 4.74 Å². The van der Waals surface area contributed by atoms with Crippen LogP contribution in [0, 0.1) is 0 Å². The van der Waals surface area contributed by atoms with Crippen LogP contribution in [0.1, 0.15) is 38.5 Å². The molecule has 0 aromatic rings. The molecular formula is C14H24F2N2O2. The molecule has 6 heteroatoms. The number of hydrogen-bond acceptors (Lipinski definition) is 3. The van der Waals surface area contributed by atoms with Gasteiger partial charge in [0.1, 0.15) is 6.61 Å². The van der Waals surface area contributed by atoms with Gasteiger partial charge in [-0.2, -0.15) is 0 Å². The van der Waals surface area contributed by atoms with Gasteiger partial charge in [0.2, 0.25) is 11.8 Å². The lowest BCUT2D eigenvalue weighted by molar-refractivity contribution is -0.146. The molecule has 1 heterocycles. The van der Waals surface area contributed by atoms with Gasteiger partial charge in [0.15, 0.2) is 0 Å². The summed E-state index contributed by atoms with van der Waals surface area (Å²) in [6.07, 6.45) is 2.57. The molecule has 0 radical (unpaired) electrons. The summed E-state index contributed by atoms with van der Waals surface area (Å²) in [7, 11) is 1.47. The summed E-state index contributed by atoms with van der Waals surface area (Å²) in [4.78, 5) is 14.0. The first-order valence-electron chi connectivity index (χ1n) is 7.42. The van der Waals surface area contributed by atoms with Crippen molar-refractivity contribution in [2.24, 2.45) is 0 Å². The second-order valence-electron chi connectivity index (χ2n) is 5.82. The van der Waals surface area contributed by atoms with E-state index in [1.54, 1.807) is 4.90 Å². The minimum Gasteiger partial charge on any atom is -0.375 e. The number of halogens is 2. The van der Waals surface area contributed by atoms with Crippen LogP contribution < -0.4 is 5.32 Å². The molecule has 4 nitrogen and oxygen atoms in total. The number of ether oxygens (including phenoxy) is 1. The van der Waals surface area contributed by atoms with Crippen LogP contribution in [0.5, 0.6) is 0 Å². The number of amides is 1. The van der Waals surface area contributed by atoms with Gasteiger partial charge in [0, 0.05) is 32.0 Å². The quantitative estimate of drug-likeness (QED) is 0.858. The van der Waals surface area contributed by atoms with E-state index in [9.17, 15) is 13.6 Å². The summed E-state index contributed by atoms with van der Waals surface area (Å²) in [5.41, 5.74) is 0. The minimum absolute atomic E-state index is 0.0218. The molecule has 0 aromatic carbocycles. The van der Waals surface area contributed by atoms with Crippen LogP contribution in [-0.4, -0.2) is 55.6 Å². The molecule has 1 aliphatic carbocycles. The molecule has 2 fully saturated rings. The number of methoxy groups -OCH3 is 1. The molecule has 1 aliphatic heterocycles. The summed E-state index contributed by atoms with van der Waals surface area (Å²) in [6, 6.07) is -0.276. The molecule has 1 atom stereocenters. The summed E-state index contributed by atoms with van der Waals surface area (Å²) in [5.74, 6) is -2.79. The average molecular weight is 290 g/mol. The van der Waals surface area contributed by atoms with Crippen LogP contribution in [0.25, 0.3) is 0 Å². The molecule has 1 saturated heterocycles. The van der Waals surface area contributed by atoms with E-state index < -0.39 is 5.92 Å². The first-order chi connectivity index (χ1) is 9.53. The number of nitrogens with one attached hydrogen (secondary N) is 1. The topological polar surface area (TPSA) is 41.6 Å². The fourth-order valence-electron chi connectivity index (χ4n) is 3.37. The highest BCUT2D eigenvalue weighted by Gasteiger charge is 2.41. The first kappa shape index (κ1) is 15.6. The van der Waals surface area contributed by atoms with Crippen molar-refractivity contribution in [3.8, 4) is 0 Å². The number of piperidine rings is 1. The van der Waals surface area contributed by atoms with Gasteiger partial charge >= 0.3 is 0 Å². The number of alkyl halides is 2. The predicted molar refractivity (Wildman–Crippen MR) is 71.8 cm³/mol. The van der Waals surface area contributed by atoms with Crippen molar-refractivity contribution in [1.29, 1.82) is 0 Å². The third kappa shape index (κ3) is 3.88. The standard InChI is InChI=1S/C14H24F2N2O2/c1-20-10-13(19)18(11-4-7-17-8-5-11)12-3-2-6-14(15,16)9-12/h11-12,17H,2-10H2,1H3/t12-/m0/s1. The Balaban J connectivity index is 2.10. The summed E-state index contributed by atoms with van der Waals surface area (Å²) < 4.78 is 32.2. The van der Waals surface area contributed by atoms with Gasteiger partial charge in [-0.15, -0.1) is 0 Å². The number of hydrogen-bond donors (Lipinski definition) is 1. The molecule has 0 spiro atoms. The molecule has 1 N–H and O–H groups in total. The lowest BCUT2D eigenvalue weighted by atomic mass is 9.89. The van der Waals surface area contributed by atoms with Crippen molar-refractivity contribution >= 4 is 5.91 Å². The van der Waals surface area contributed by atoms with Crippen molar-refractivity contribution < 1.29 is 18.3 Å². The Hall–Kier alpha value is -0.750. The highest BCUT2D eigenvalue weighted by Crippen LogP contribution is 2.36. The summed E-state index contributed by atoms with van der Waals surface area (Å²) in [6.45, 7) is 1.65. The monoisotopic (exact) mass is 290 g/mol. The summed E-state index contributed by atoms with van der Waals surface area (Å²) >= 11 is 0.